The molecule has 4 bridgehead atoms. The number of nitrogens with one attached hydrogen (secondary N) is 2. The van der Waals surface area contributed by atoms with Crippen LogP contribution in [0.2, 0.25) is 0 Å². The Morgan fingerprint density at radius 2 is 1.50 bits per heavy atom. The van der Waals surface area contributed by atoms with Gasteiger partial charge in [0.1, 0.15) is 0 Å². The number of methoxy groups -OCH3 is 2. The van der Waals surface area contributed by atoms with Crippen LogP contribution in [-0.4, -0.2) is 26.0 Å². The van der Waals surface area contributed by atoms with Crippen LogP contribution in [0, 0.1) is 23.2 Å². The van der Waals surface area contributed by atoms with Gasteiger partial charge in [-0.05, 0) is 79.4 Å². The molecular formula is C22H30N2O4. The number of hydrogen-bond donors (Lipinski definition) is 2. The van der Waals surface area contributed by atoms with E-state index in [0.29, 0.717) is 17.9 Å². The van der Waals surface area contributed by atoms with Crippen molar-refractivity contribution in [3.63, 3.8) is 0 Å². The van der Waals surface area contributed by atoms with Crippen molar-refractivity contribution in [2.75, 3.05) is 14.2 Å². The summed E-state index contributed by atoms with van der Waals surface area (Å²) in [5.74, 6) is 3.35. The molecule has 4 fully saturated rings. The Hall–Kier alpha value is -2.24. The molecule has 0 heterocycles. The second-order valence-electron chi connectivity index (χ2n) is 9.06. The molecule has 152 valence electrons. The number of benzene rings is 1. The summed E-state index contributed by atoms with van der Waals surface area (Å²) in [6.07, 6.45) is 8.35. The fraction of sp³-hybridized carbons (Fsp3) is 0.636. The van der Waals surface area contributed by atoms with Crippen molar-refractivity contribution < 1.29 is 19.1 Å². The summed E-state index contributed by atoms with van der Waals surface area (Å²) < 4.78 is 10.5. The lowest BCUT2D eigenvalue weighted by Crippen LogP contribution is -2.50. The maximum atomic E-state index is 12.5. The Balaban J connectivity index is 1.27. The van der Waals surface area contributed by atoms with Gasteiger partial charge in [0.25, 0.3) is 0 Å². The zero-order valence-corrected chi connectivity index (χ0v) is 16.8. The zero-order valence-electron chi connectivity index (χ0n) is 16.8. The Morgan fingerprint density at radius 1 is 0.929 bits per heavy atom. The van der Waals surface area contributed by atoms with Gasteiger partial charge in [-0.1, -0.05) is 6.07 Å². The predicted octanol–water partition coefficient (Wildman–Crippen LogP) is 3.00. The molecule has 2 amide bonds. The van der Waals surface area contributed by atoms with Gasteiger partial charge < -0.3 is 9.47 Å². The number of carbonyl (C=O) groups is 2. The third-order valence-corrected chi connectivity index (χ3v) is 6.85. The van der Waals surface area contributed by atoms with E-state index in [9.17, 15) is 9.59 Å². The summed E-state index contributed by atoms with van der Waals surface area (Å²) in [6, 6.07) is 5.36. The number of rotatable bonds is 6. The van der Waals surface area contributed by atoms with Gasteiger partial charge in [0.15, 0.2) is 11.5 Å². The SMILES string of the molecule is COc1ccc(CC(=O)NNC(=O)CC23CC4CC(CC(C4)C2)C3)cc1OC. The maximum Gasteiger partial charge on any atom is 0.242 e. The molecule has 0 saturated heterocycles. The first-order valence-corrected chi connectivity index (χ1v) is 10.3. The van der Waals surface area contributed by atoms with E-state index in [-0.39, 0.29) is 23.7 Å². The first-order chi connectivity index (χ1) is 13.5. The highest BCUT2D eigenvalue weighted by atomic mass is 16.5. The fourth-order valence-electron chi connectivity index (χ4n) is 6.25. The molecule has 0 unspecified atom stereocenters. The summed E-state index contributed by atoms with van der Waals surface area (Å²) >= 11 is 0. The lowest BCUT2D eigenvalue weighted by atomic mass is 9.49. The van der Waals surface area contributed by atoms with Gasteiger partial charge in [-0.15, -0.1) is 0 Å². The minimum absolute atomic E-state index is 0.0670. The van der Waals surface area contributed by atoms with Crippen LogP contribution in [0.3, 0.4) is 0 Å². The van der Waals surface area contributed by atoms with Gasteiger partial charge >= 0.3 is 0 Å². The summed E-state index contributed by atoms with van der Waals surface area (Å²) in [6.45, 7) is 0. The van der Waals surface area contributed by atoms with Gasteiger partial charge in [-0.25, -0.2) is 0 Å². The number of ether oxygens (including phenoxy) is 2. The second kappa shape index (κ2) is 7.64. The fourth-order valence-corrected chi connectivity index (χ4v) is 6.25. The molecule has 28 heavy (non-hydrogen) atoms. The molecule has 1 aromatic carbocycles. The molecule has 5 rings (SSSR count). The Bertz CT molecular complexity index is 726. The van der Waals surface area contributed by atoms with E-state index in [2.05, 4.69) is 10.9 Å². The quantitative estimate of drug-likeness (QED) is 0.737. The highest BCUT2D eigenvalue weighted by Gasteiger charge is 2.51. The van der Waals surface area contributed by atoms with Gasteiger partial charge in [-0.3, -0.25) is 20.4 Å². The monoisotopic (exact) mass is 386 g/mol. The first kappa shape index (κ1) is 19.1. The predicted molar refractivity (Wildman–Crippen MR) is 105 cm³/mol. The second-order valence-corrected chi connectivity index (χ2v) is 9.06. The van der Waals surface area contributed by atoms with Crippen LogP contribution in [0.15, 0.2) is 18.2 Å². The highest BCUT2D eigenvalue weighted by molar-refractivity contribution is 5.83. The first-order valence-electron chi connectivity index (χ1n) is 10.3. The molecule has 6 heteroatoms. The van der Waals surface area contributed by atoms with E-state index < -0.39 is 0 Å². The van der Waals surface area contributed by atoms with Crippen LogP contribution in [0.4, 0.5) is 0 Å². The summed E-state index contributed by atoms with van der Waals surface area (Å²) in [5, 5.41) is 0. The van der Waals surface area contributed by atoms with Crippen LogP contribution >= 0.6 is 0 Å². The van der Waals surface area contributed by atoms with Crippen molar-refractivity contribution in [3.05, 3.63) is 23.8 Å². The van der Waals surface area contributed by atoms with Gasteiger partial charge in [0.05, 0.1) is 20.6 Å². The Labute approximate surface area is 166 Å². The van der Waals surface area contributed by atoms with Crippen molar-refractivity contribution in [2.45, 2.75) is 51.4 Å². The molecular weight excluding hydrogens is 356 g/mol. The number of hydrogen-bond acceptors (Lipinski definition) is 4. The third-order valence-electron chi connectivity index (χ3n) is 6.85. The smallest absolute Gasteiger partial charge is 0.242 e. The minimum atomic E-state index is -0.244. The Kier molecular flexibility index (Phi) is 5.21. The van der Waals surface area contributed by atoms with Crippen LogP contribution in [-0.2, 0) is 16.0 Å². The molecule has 0 atom stereocenters. The molecule has 2 N–H and O–H groups in total. The van der Waals surface area contributed by atoms with Gasteiger partial charge in [-0.2, -0.15) is 0 Å². The molecule has 4 aliphatic carbocycles. The van der Waals surface area contributed by atoms with Crippen LogP contribution < -0.4 is 20.3 Å². The number of carbonyl (C=O) groups excluding carboxylic acids is 2. The van der Waals surface area contributed by atoms with Gasteiger partial charge in [0.2, 0.25) is 11.8 Å². The molecule has 0 aliphatic heterocycles. The van der Waals surface area contributed by atoms with Crippen molar-refractivity contribution in [1.82, 2.24) is 10.9 Å². The lowest BCUT2D eigenvalue weighted by molar-refractivity contribution is -0.134. The van der Waals surface area contributed by atoms with Crippen LogP contribution in [0.1, 0.15) is 50.5 Å². The largest absolute Gasteiger partial charge is 0.493 e. The van der Waals surface area contributed by atoms with E-state index in [4.69, 9.17) is 9.47 Å². The zero-order chi connectivity index (χ0) is 19.7. The van der Waals surface area contributed by atoms with Gasteiger partial charge in [0, 0.05) is 6.42 Å². The minimum Gasteiger partial charge on any atom is -0.493 e. The topological polar surface area (TPSA) is 76.7 Å². The average molecular weight is 386 g/mol. The highest BCUT2D eigenvalue weighted by Crippen LogP contribution is 2.61. The average Bonchev–Trinajstić information content (AvgIpc) is 2.65. The maximum absolute atomic E-state index is 12.5. The van der Waals surface area contributed by atoms with Crippen molar-refractivity contribution in [1.29, 1.82) is 0 Å². The number of amides is 2. The standard InChI is InChI=1S/C22H30N2O4/c1-27-18-4-3-14(8-19(18)28-2)9-20(25)23-24-21(26)13-22-10-15-5-16(11-22)7-17(6-15)12-22/h3-4,8,15-17H,5-7,9-13H2,1-2H3,(H,23,25)(H,24,26). The third kappa shape index (κ3) is 3.96. The van der Waals surface area contributed by atoms with E-state index in [1.165, 1.54) is 38.5 Å². The van der Waals surface area contributed by atoms with E-state index in [1.54, 1.807) is 26.4 Å². The molecule has 4 saturated carbocycles. The summed E-state index contributed by atoms with van der Waals surface area (Å²) in [4.78, 5) is 24.7. The van der Waals surface area contributed by atoms with E-state index in [1.807, 2.05) is 6.07 Å². The summed E-state index contributed by atoms with van der Waals surface area (Å²) in [7, 11) is 3.13. The molecule has 1 aromatic rings. The van der Waals surface area contributed by atoms with Crippen molar-refractivity contribution in [3.8, 4) is 11.5 Å². The molecule has 0 aromatic heterocycles. The van der Waals surface area contributed by atoms with Crippen LogP contribution in [0.5, 0.6) is 11.5 Å². The molecule has 6 nitrogen and oxygen atoms in total. The van der Waals surface area contributed by atoms with Crippen molar-refractivity contribution in [2.24, 2.45) is 23.2 Å². The normalized spacial score (nSPS) is 30.0. The molecule has 0 spiro atoms. The van der Waals surface area contributed by atoms with Crippen LogP contribution in [0.25, 0.3) is 0 Å². The molecule has 4 aliphatic rings. The van der Waals surface area contributed by atoms with E-state index in [0.717, 1.165) is 23.3 Å². The summed E-state index contributed by atoms with van der Waals surface area (Å²) in [5.41, 5.74) is 6.17. The van der Waals surface area contributed by atoms with Crippen molar-refractivity contribution >= 4 is 11.8 Å². The molecule has 0 radical (unpaired) electrons. The lowest BCUT2D eigenvalue weighted by Gasteiger charge is -2.56. The number of hydrazine groups is 1. The van der Waals surface area contributed by atoms with E-state index >= 15 is 0 Å². The Morgan fingerprint density at radius 3 is 2.07 bits per heavy atom.